The van der Waals surface area contributed by atoms with Gasteiger partial charge in [0.25, 0.3) is 0 Å². The van der Waals surface area contributed by atoms with Gasteiger partial charge in [0.05, 0.1) is 19.1 Å². The maximum atomic E-state index is 13.4. The first-order chi connectivity index (χ1) is 17.2. The van der Waals surface area contributed by atoms with Crippen LogP contribution in [0.25, 0.3) is 0 Å². The number of ether oxygens (including phenoxy) is 1. The molecule has 2 aliphatic heterocycles. The van der Waals surface area contributed by atoms with E-state index in [9.17, 15) is 19.8 Å². The Kier molecular flexibility index (Phi) is 9.97. The third kappa shape index (κ3) is 6.88. The highest BCUT2D eigenvalue weighted by atomic mass is 16.5. The Morgan fingerprint density at radius 3 is 2.67 bits per heavy atom. The molecule has 2 N–H and O–H groups in total. The molecule has 0 aliphatic carbocycles. The third-order valence-electron chi connectivity index (χ3n) is 7.59. The average molecular weight is 501 g/mol. The van der Waals surface area contributed by atoms with Gasteiger partial charge in [-0.3, -0.25) is 14.5 Å². The number of aliphatic carboxylic acids is 1. The molecule has 0 aromatic heterocycles. The zero-order valence-electron chi connectivity index (χ0n) is 22.4. The van der Waals surface area contributed by atoms with Crippen LogP contribution in [-0.2, 0) is 16.0 Å². The maximum Gasteiger partial charge on any atom is 0.308 e. The number of rotatable bonds is 13. The Morgan fingerprint density at radius 2 is 2.00 bits per heavy atom. The lowest BCUT2D eigenvalue weighted by Crippen LogP contribution is -2.46. The fraction of sp³-hybridized carbons (Fsp3) is 0.655. The molecule has 0 saturated carbocycles. The summed E-state index contributed by atoms with van der Waals surface area (Å²) in [7, 11) is 0. The molecule has 1 unspecified atom stereocenters. The summed E-state index contributed by atoms with van der Waals surface area (Å²) < 4.78 is 5.67. The number of carbonyl (C=O) groups is 2. The predicted molar refractivity (Wildman–Crippen MR) is 141 cm³/mol. The van der Waals surface area contributed by atoms with E-state index in [0.717, 1.165) is 36.1 Å². The Balaban J connectivity index is 1.91. The van der Waals surface area contributed by atoms with Gasteiger partial charge >= 0.3 is 5.97 Å². The molecule has 1 aromatic rings. The smallest absolute Gasteiger partial charge is 0.308 e. The highest BCUT2D eigenvalue weighted by Gasteiger charge is 2.48. The molecule has 200 valence electrons. The highest BCUT2D eigenvalue weighted by Crippen LogP contribution is 2.43. The van der Waals surface area contributed by atoms with E-state index in [1.807, 2.05) is 30.0 Å². The van der Waals surface area contributed by atoms with Crippen LogP contribution in [0, 0.1) is 11.3 Å². The average Bonchev–Trinajstić information content (AvgIpc) is 3.43. The first-order valence-electron chi connectivity index (χ1n) is 13.5. The molecule has 1 saturated heterocycles. The van der Waals surface area contributed by atoms with Crippen LogP contribution in [0.5, 0.6) is 5.75 Å². The number of aliphatic hydroxyl groups excluding tert-OH is 1. The van der Waals surface area contributed by atoms with E-state index in [4.69, 9.17) is 4.74 Å². The van der Waals surface area contributed by atoms with Gasteiger partial charge in [-0.05, 0) is 48.8 Å². The first-order valence-corrected chi connectivity index (χ1v) is 13.5. The number of amides is 1. The van der Waals surface area contributed by atoms with Crippen LogP contribution in [0.2, 0.25) is 0 Å². The fourth-order valence-electron chi connectivity index (χ4n) is 5.83. The molecule has 1 aromatic carbocycles. The molecule has 0 bridgehead atoms. The number of carbonyl (C=O) groups excluding carboxylic acids is 1. The summed E-state index contributed by atoms with van der Waals surface area (Å²) in [5.41, 5.74) is 1.94. The van der Waals surface area contributed by atoms with Crippen LogP contribution in [0.3, 0.4) is 0 Å². The van der Waals surface area contributed by atoms with E-state index in [2.05, 4.69) is 37.8 Å². The Hall–Kier alpha value is -2.38. The second-order valence-corrected chi connectivity index (χ2v) is 10.9. The molecule has 3 atom stereocenters. The minimum absolute atomic E-state index is 0.0119. The lowest BCUT2D eigenvalue weighted by Gasteiger charge is -2.34. The van der Waals surface area contributed by atoms with Crippen molar-refractivity contribution in [2.75, 3.05) is 39.4 Å². The summed E-state index contributed by atoms with van der Waals surface area (Å²) in [5.74, 6) is -0.718. The van der Waals surface area contributed by atoms with E-state index < -0.39 is 11.9 Å². The van der Waals surface area contributed by atoms with Gasteiger partial charge in [-0.15, -0.1) is 0 Å². The number of allylic oxidation sites excluding steroid dienone is 2. The number of hydrogen-bond acceptors (Lipinski definition) is 5. The highest BCUT2D eigenvalue weighted by molar-refractivity contribution is 5.79. The van der Waals surface area contributed by atoms with Crippen molar-refractivity contribution in [3.63, 3.8) is 0 Å². The van der Waals surface area contributed by atoms with Crippen molar-refractivity contribution < 1.29 is 24.5 Å². The molecule has 7 heteroatoms. The largest absolute Gasteiger partial charge is 0.493 e. The van der Waals surface area contributed by atoms with Crippen LogP contribution in [0.15, 0.2) is 30.4 Å². The van der Waals surface area contributed by atoms with E-state index in [1.165, 1.54) is 0 Å². The van der Waals surface area contributed by atoms with Gasteiger partial charge in [0.1, 0.15) is 5.75 Å². The topological polar surface area (TPSA) is 90.3 Å². The molecule has 2 heterocycles. The van der Waals surface area contributed by atoms with Gasteiger partial charge in [-0.2, -0.15) is 0 Å². The molecular weight excluding hydrogens is 456 g/mol. The monoisotopic (exact) mass is 500 g/mol. The molecule has 3 rings (SSSR count). The zero-order valence-corrected chi connectivity index (χ0v) is 22.4. The molecule has 2 aliphatic rings. The number of fused-ring (bicyclic) bond motifs is 1. The van der Waals surface area contributed by atoms with Gasteiger partial charge in [0.15, 0.2) is 0 Å². The quantitative estimate of drug-likeness (QED) is 0.397. The van der Waals surface area contributed by atoms with Crippen LogP contribution in [0.1, 0.15) is 70.4 Å². The van der Waals surface area contributed by atoms with E-state index >= 15 is 0 Å². The van der Waals surface area contributed by atoms with Gasteiger partial charge in [-0.25, -0.2) is 0 Å². The van der Waals surface area contributed by atoms with Crippen molar-refractivity contribution >= 4 is 11.9 Å². The number of nitrogens with zero attached hydrogens (tertiary/aromatic N) is 2. The lowest BCUT2D eigenvalue weighted by atomic mass is 9.77. The SMILES string of the molecule is CC=CC(C)(C)C[C@H]1C(C(=O)O)[C@@H](c2ccc3c(c2)CCO3)CN1CC(=O)N(CCCC)CCCO. The van der Waals surface area contributed by atoms with E-state index in [-0.39, 0.29) is 36.4 Å². The molecular formula is C29H44N2O5. The van der Waals surface area contributed by atoms with Crippen LogP contribution in [0.4, 0.5) is 0 Å². The number of carboxylic acids is 1. The number of hydrogen-bond donors (Lipinski definition) is 2. The van der Waals surface area contributed by atoms with Crippen molar-refractivity contribution in [3.05, 3.63) is 41.5 Å². The molecule has 36 heavy (non-hydrogen) atoms. The van der Waals surface area contributed by atoms with Crippen molar-refractivity contribution in [1.82, 2.24) is 9.80 Å². The van der Waals surface area contributed by atoms with E-state index in [1.54, 1.807) is 0 Å². The van der Waals surface area contributed by atoms with Crippen LogP contribution < -0.4 is 4.74 Å². The number of benzene rings is 1. The molecule has 0 radical (unpaired) electrons. The third-order valence-corrected chi connectivity index (χ3v) is 7.59. The van der Waals surface area contributed by atoms with E-state index in [0.29, 0.717) is 39.1 Å². The van der Waals surface area contributed by atoms with Crippen molar-refractivity contribution in [1.29, 1.82) is 0 Å². The maximum absolute atomic E-state index is 13.4. The molecule has 1 amide bonds. The minimum Gasteiger partial charge on any atom is -0.493 e. The molecule has 1 fully saturated rings. The van der Waals surface area contributed by atoms with Gasteiger partial charge in [0, 0.05) is 44.6 Å². The van der Waals surface area contributed by atoms with Gasteiger partial charge in [-0.1, -0.05) is 51.5 Å². The summed E-state index contributed by atoms with van der Waals surface area (Å²) in [6.07, 6.45) is 8.07. The number of likely N-dealkylation sites (tertiary alicyclic amines) is 1. The second kappa shape index (κ2) is 12.7. The van der Waals surface area contributed by atoms with Gasteiger partial charge in [0.2, 0.25) is 5.91 Å². The second-order valence-electron chi connectivity index (χ2n) is 10.9. The summed E-state index contributed by atoms with van der Waals surface area (Å²) in [6.45, 7) is 10.9. The molecule has 0 spiro atoms. The summed E-state index contributed by atoms with van der Waals surface area (Å²) in [6, 6.07) is 5.80. The molecule has 7 nitrogen and oxygen atoms in total. The standard InChI is InChI=1S/C29H44N2O5/c1-5-7-13-30(14-8-15-32)26(33)20-31-19-23(21-9-10-25-22(17-21)11-16-36-25)27(28(34)35)24(31)18-29(3,4)12-6-2/h6,9-10,12,17,23-24,27,32H,5,7-8,11,13-16,18-20H2,1-4H3,(H,34,35)/t23-,24+,27?/m1/s1. The van der Waals surface area contributed by atoms with Crippen LogP contribution >= 0.6 is 0 Å². The predicted octanol–water partition coefficient (Wildman–Crippen LogP) is 4.09. The minimum atomic E-state index is -0.809. The van der Waals surface area contributed by atoms with Crippen LogP contribution in [-0.4, -0.2) is 77.3 Å². The van der Waals surface area contributed by atoms with Crippen molar-refractivity contribution in [2.45, 2.75) is 71.8 Å². The number of unbranched alkanes of at least 4 members (excludes halogenated alkanes) is 1. The summed E-state index contributed by atoms with van der Waals surface area (Å²) in [4.78, 5) is 30.1. The Morgan fingerprint density at radius 1 is 1.25 bits per heavy atom. The Labute approximate surface area is 216 Å². The summed E-state index contributed by atoms with van der Waals surface area (Å²) >= 11 is 0. The zero-order chi connectivity index (χ0) is 26.3. The van der Waals surface area contributed by atoms with Gasteiger partial charge < -0.3 is 19.8 Å². The lowest BCUT2D eigenvalue weighted by molar-refractivity contribution is -0.144. The Bertz CT molecular complexity index is 920. The van der Waals surface area contributed by atoms with Crippen molar-refractivity contribution in [2.24, 2.45) is 11.3 Å². The van der Waals surface area contributed by atoms with Crippen molar-refractivity contribution in [3.8, 4) is 5.75 Å². The number of aliphatic hydroxyl groups is 1. The first kappa shape index (κ1) is 28.2. The number of carboxylic acid groups (broad SMARTS) is 1. The normalized spacial score (nSPS) is 22.1. The summed E-state index contributed by atoms with van der Waals surface area (Å²) in [5, 5.41) is 19.8. The fourth-order valence-corrected chi connectivity index (χ4v) is 5.83.